The van der Waals surface area contributed by atoms with Crippen LogP contribution in [0.25, 0.3) is 0 Å². The summed E-state index contributed by atoms with van der Waals surface area (Å²) in [6.45, 7) is 7.68. The van der Waals surface area contributed by atoms with Crippen molar-refractivity contribution in [1.29, 1.82) is 0 Å². The second-order valence-corrected chi connectivity index (χ2v) is 5.25. The monoisotopic (exact) mass is 301 g/mol. The summed E-state index contributed by atoms with van der Waals surface area (Å²) in [6.07, 6.45) is 1.13. The second-order valence-electron chi connectivity index (χ2n) is 4.55. The van der Waals surface area contributed by atoms with Gasteiger partial charge in [0.25, 0.3) is 0 Å². The predicted octanol–water partition coefficient (Wildman–Crippen LogP) is 4.75. The normalized spacial score (nSPS) is 13.4. The Morgan fingerprint density at radius 1 is 1.47 bits per heavy atom. The smallest absolute Gasteiger partial charge is 0.125 e. The Labute approximate surface area is 125 Å². The van der Waals surface area contributed by atoms with Crippen LogP contribution in [0.2, 0.25) is 0 Å². The molecular formula is C15H21Cl2NO. The molecule has 0 saturated heterocycles. The van der Waals surface area contributed by atoms with Crippen LogP contribution in [-0.4, -0.2) is 13.2 Å². The molecule has 0 fully saturated rings. The maximum absolute atomic E-state index is 5.80. The van der Waals surface area contributed by atoms with Gasteiger partial charge in [-0.25, -0.2) is 0 Å². The van der Waals surface area contributed by atoms with Crippen molar-refractivity contribution in [3.8, 4) is 5.75 Å². The topological polar surface area (TPSA) is 21.3 Å². The lowest BCUT2D eigenvalue weighted by atomic mass is 10.0. The van der Waals surface area contributed by atoms with E-state index in [2.05, 4.69) is 31.3 Å². The minimum absolute atomic E-state index is 0.300. The molecule has 1 N–H and O–H groups in total. The molecular weight excluding hydrogens is 281 g/mol. The number of benzene rings is 1. The van der Waals surface area contributed by atoms with Crippen LogP contribution < -0.4 is 10.1 Å². The molecule has 4 heteroatoms. The van der Waals surface area contributed by atoms with Gasteiger partial charge in [-0.15, -0.1) is 0 Å². The first kappa shape index (κ1) is 16.4. The van der Waals surface area contributed by atoms with Crippen molar-refractivity contribution in [2.75, 3.05) is 13.2 Å². The largest absolute Gasteiger partial charge is 0.488 e. The van der Waals surface area contributed by atoms with Crippen molar-refractivity contribution in [3.63, 3.8) is 0 Å². The number of nitrogens with one attached hydrogen (secondary N) is 1. The standard InChI is InChI=1S/C15H21Cl2NO/c1-4-7-18-12(3)13-5-6-15(11(2)8-13)19-10-14(17)9-16/h5-6,8-9,12,18H,4,7,10H2,1-3H3/b14-9-. The van der Waals surface area contributed by atoms with Gasteiger partial charge in [0.15, 0.2) is 0 Å². The van der Waals surface area contributed by atoms with Gasteiger partial charge in [0.1, 0.15) is 12.4 Å². The Bertz CT molecular complexity index is 432. The molecule has 0 saturated carbocycles. The van der Waals surface area contributed by atoms with Crippen molar-refractivity contribution in [2.45, 2.75) is 33.2 Å². The maximum Gasteiger partial charge on any atom is 0.125 e. The Morgan fingerprint density at radius 2 is 2.21 bits per heavy atom. The van der Waals surface area contributed by atoms with E-state index in [0.29, 0.717) is 17.7 Å². The molecule has 0 bridgehead atoms. The van der Waals surface area contributed by atoms with Gasteiger partial charge >= 0.3 is 0 Å². The van der Waals surface area contributed by atoms with E-state index < -0.39 is 0 Å². The summed E-state index contributed by atoms with van der Waals surface area (Å²) >= 11 is 11.3. The minimum Gasteiger partial charge on any atom is -0.488 e. The Hall–Kier alpha value is -0.700. The van der Waals surface area contributed by atoms with Crippen molar-refractivity contribution in [3.05, 3.63) is 39.9 Å². The van der Waals surface area contributed by atoms with Gasteiger partial charge in [-0.05, 0) is 44.0 Å². The third-order valence-electron chi connectivity index (χ3n) is 2.88. The van der Waals surface area contributed by atoms with Gasteiger partial charge in [-0.3, -0.25) is 0 Å². The molecule has 1 aromatic carbocycles. The van der Waals surface area contributed by atoms with Crippen LogP contribution in [0.1, 0.15) is 37.4 Å². The van der Waals surface area contributed by atoms with Crippen LogP contribution in [0.15, 0.2) is 28.8 Å². The molecule has 0 aliphatic rings. The average molecular weight is 302 g/mol. The molecule has 0 aromatic heterocycles. The lowest BCUT2D eigenvalue weighted by Gasteiger charge is -2.16. The van der Waals surface area contributed by atoms with Gasteiger partial charge in [0.05, 0.1) is 5.03 Å². The number of hydrogen-bond acceptors (Lipinski definition) is 2. The highest BCUT2D eigenvalue weighted by Crippen LogP contribution is 2.23. The molecule has 0 amide bonds. The third kappa shape index (κ3) is 5.43. The summed E-state index contributed by atoms with van der Waals surface area (Å²) in [4.78, 5) is 0. The summed E-state index contributed by atoms with van der Waals surface area (Å²) in [5.41, 5.74) is 3.68. The van der Waals surface area contributed by atoms with Crippen LogP contribution in [0.3, 0.4) is 0 Å². The highest BCUT2D eigenvalue weighted by atomic mass is 35.5. The van der Waals surface area contributed by atoms with E-state index in [1.807, 2.05) is 13.0 Å². The van der Waals surface area contributed by atoms with E-state index in [4.69, 9.17) is 27.9 Å². The molecule has 0 spiro atoms. The van der Waals surface area contributed by atoms with Crippen LogP contribution >= 0.6 is 23.2 Å². The van der Waals surface area contributed by atoms with Crippen LogP contribution in [0.4, 0.5) is 0 Å². The SMILES string of the molecule is CCCNC(C)c1ccc(OC/C(Cl)=C/Cl)c(C)c1. The number of halogens is 2. The second kappa shape index (κ2) is 8.47. The molecule has 0 aliphatic carbocycles. The summed E-state index contributed by atoms with van der Waals surface area (Å²) in [7, 11) is 0. The molecule has 19 heavy (non-hydrogen) atoms. The molecule has 0 aliphatic heterocycles. The van der Waals surface area contributed by atoms with E-state index in [1.165, 1.54) is 11.1 Å². The predicted molar refractivity (Wildman–Crippen MR) is 83.2 cm³/mol. The Balaban J connectivity index is 2.68. The fourth-order valence-corrected chi connectivity index (χ4v) is 1.88. The lowest BCUT2D eigenvalue weighted by Crippen LogP contribution is -2.19. The quantitative estimate of drug-likeness (QED) is 0.784. The minimum atomic E-state index is 0.300. The number of rotatable bonds is 7. The molecule has 2 nitrogen and oxygen atoms in total. The van der Waals surface area contributed by atoms with Crippen molar-refractivity contribution < 1.29 is 4.74 Å². The molecule has 106 valence electrons. The van der Waals surface area contributed by atoms with Gasteiger partial charge in [0, 0.05) is 11.6 Å². The molecule has 1 rings (SSSR count). The summed E-state index contributed by atoms with van der Waals surface area (Å²) < 4.78 is 5.60. The summed E-state index contributed by atoms with van der Waals surface area (Å²) in [5.74, 6) is 0.836. The van der Waals surface area contributed by atoms with Crippen molar-refractivity contribution >= 4 is 23.2 Å². The van der Waals surface area contributed by atoms with E-state index in [1.54, 1.807) is 0 Å². The number of hydrogen-bond donors (Lipinski definition) is 1. The van der Waals surface area contributed by atoms with E-state index in [9.17, 15) is 0 Å². The first-order chi connectivity index (χ1) is 9.08. The van der Waals surface area contributed by atoms with E-state index >= 15 is 0 Å². The van der Waals surface area contributed by atoms with Crippen molar-refractivity contribution in [2.24, 2.45) is 0 Å². The van der Waals surface area contributed by atoms with Gasteiger partial charge < -0.3 is 10.1 Å². The maximum atomic E-state index is 5.80. The van der Waals surface area contributed by atoms with E-state index in [-0.39, 0.29) is 0 Å². The first-order valence-electron chi connectivity index (χ1n) is 6.50. The van der Waals surface area contributed by atoms with Crippen LogP contribution in [0.5, 0.6) is 5.75 Å². The molecule has 1 unspecified atom stereocenters. The molecule has 0 heterocycles. The Morgan fingerprint density at radius 3 is 2.79 bits per heavy atom. The Kier molecular flexibility index (Phi) is 7.29. The highest BCUT2D eigenvalue weighted by molar-refractivity contribution is 6.36. The fourth-order valence-electron chi connectivity index (χ4n) is 1.76. The van der Waals surface area contributed by atoms with Gasteiger partial charge in [0.2, 0.25) is 0 Å². The third-order valence-corrected chi connectivity index (χ3v) is 3.48. The lowest BCUT2D eigenvalue weighted by molar-refractivity contribution is 0.356. The van der Waals surface area contributed by atoms with Crippen LogP contribution in [0, 0.1) is 6.92 Å². The molecule has 0 radical (unpaired) electrons. The van der Waals surface area contributed by atoms with Crippen molar-refractivity contribution in [1.82, 2.24) is 5.32 Å². The average Bonchev–Trinajstić information content (AvgIpc) is 2.42. The zero-order valence-electron chi connectivity index (χ0n) is 11.7. The zero-order valence-corrected chi connectivity index (χ0v) is 13.2. The zero-order chi connectivity index (χ0) is 14.3. The van der Waals surface area contributed by atoms with Gasteiger partial charge in [-0.2, -0.15) is 0 Å². The number of ether oxygens (including phenoxy) is 1. The first-order valence-corrected chi connectivity index (χ1v) is 7.31. The fraction of sp³-hybridized carbons (Fsp3) is 0.467. The number of aryl methyl sites for hydroxylation is 1. The molecule has 1 aromatic rings. The summed E-state index contributed by atoms with van der Waals surface area (Å²) in [5, 5.41) is 3.96. The van der Waals surface area contributed by atoms with E-state index in [0.717, 1.165) is 24.3 Å². The molecule has 1 atom stereocenters. The van der Waals surface area contributed by atoms with Crippen LogP contribution in [-0.2, 0) is 0 Å². The summed E-state index contributed by atoms with van der Waals surface area (Å²) in [6, 6.07) is 6.54. The van der Waals surface area contributed by atoms with Gasteiger partial charge in [-0.1, -0.05) is 42.3 Å². The highest BCUT2D eigenvalue weighted by Gasteiger charge is 2.07.